The first-order valence-corrected chi connectivity index (χ1v) is 20.7. The number of rotatable bonds is 7. The highest BCUT2D eigenvalue weighted by molar-refractivity contribution is 7.25. The average Bonchev–Trinajstić information content (AvgIpc) is 3.67. The van der Waals surface area contributed by atoms with Crippen LogP contribution < -0.4 is 26.6 Å². The molecule has 4 aliphatic rings. The Balaban J connectivity index is 1.15. The van der Waals surface area contributed by atoms with E-state index in [1.54, 1.807) is 0 Å². The van der Waals surface area contributed by atoms with E-state index >= 15 is 0 Å². The summed E-state index contributed by atoms with van der Waals surface area (Å²) < 4.78 is 2.51. The average molecular weight is 762 g/mol. The van der Waals surface area contributed by atoms with Crippen molar-refractivity contribution in [2.45, 2.75) is 50.1 Å². The van der Waals surface area contributed by atoms with Gasteiger partial charge in [-0.3, -0.25) is 21.3 Å². The van der Waals surface area contributed by atoms with Crippen LogP contribution in [0.3, 0.4) is 0 Å². The largest absolute Gasteiger partial charge is 0.354 e. The third-order valence-electron chi connectivity index (χ3n) is 11.5. The molecule has 0 saturated carbocycles. The first kappa shape index (κ1) is 35.5. The number of hydrogen-bond donors (Lipinski definition) is 5. The first-order valence-electron chi connectivity index (χ1n) is 19.9. The lowest BCUT2D eigenvalue weighted by Gasteiger charge is -2.41. The second-order valence-corrected chi connectivity index (χ2v) is 16.2. The van der Waals surface area contributed by atoms with Crippen molar-refractivity contribution in [1.82, 2.24) is 26.6 Å². The summed E-state index contributed by atoms with van der Waals surface area (Å²) in [5, 5.41) is 33.0. The summed E-state index contributed by atoms with van der Waals surface area (Å²) in [5.41, 5.74) is 7.84. The Bertz CT molecular complexity index is 2650. The van der Waals surface area contributed by atoms with Crippen molar-refractivity contribution in [2.24, 2.45) is 10.9 Å². The van der Waals surface area contributed by atoms with E-state index in [0.717, 1.165) is 58.5 Å². The summed E-state index contributed by atoms with van der Waals surface area (Å²) in [6.07, 6.45) is 17.2. The standard InChI is InChI=1S/C49H43N7S/c50-30-41-39(48-53-44(31-15-5-1-6-16-31)51-45(54-48)32-17-7-2-8-18-32)27-36(35-25-26-38-37-23-13-14-24-42(37)57-43(38)29-35)28-40(41)49-55-46(33-19-9-3-10-20-33)52-47(56-49)34-21-11-4-12-22-34/h1-3,5-11,13-17,19-29,32,45-49,52,54-56H,4,12,18H2,(H,51,53). The van der Waals surface area contributed by atoms with Crippen LogP contribution in [0.15, 0.2) is 168 Å². The normalized spacial score (nSPS) is 24.5. The quantitative estimate of drug-likeness (QED) is 0.111. The van der Waals surface area contributed by atoms with Crippen molar-refractivity contribution in [3.8, 4) is 17.2 Å². The zero-order valence-electron chi connectivity index (χ0n) is 31.4. The lowest BCUT2D eigenvalue weighted by molar-refractivity contribution is 0.223. The Morgan fingerprint density at radius 3 is 2.23 bits per heavy atom. The molecule has 5 aromatic carbocycles. The van der Waals surface area contributed by atoms with E-state index in [-0.39, 0.29) is 30.6 Å². The maximum absolute atomic E-state index is 11.3. The number of allylic oxidation sites excluding steroid dienone is 5. The summed E-state index contributed by atoms with van der Waals surface area (Å²) in [6, 6.07) is 43.3. The van der Waals surface area contributed by atoms with Crippen LogP contribution in [0.2, 0.25) is 0 Å². The Labute approximate surface area is 337 Å². The number of aliphatic imine (C=N–C) groups is 1. The molecule has 57 heavy (non-hydrogen) atoms. The SMILES string of the molecule is N#Cc1c(C2N=C(c3ccccc3)NC(C3C=CC=CC3)N2)cc(-c2ccc3c(c2)sc2ccccc23)cc1C1NC(C2=CCCC=C2)NC(c2ccccc2)N1. The minimum atomic E-state index is -0.487. The van der Waals surface area contributed by atoms with E-state index in [1.165, 1.54) is 25.7 Å². The van der Waals surface area contributed by atoms with Gasteiger partial charge in [-0.1, -0.05) is 134 Å². The molecule has 280 valence electrons. The van der Waals surface area contributed by atoms with E-state index in [2.05, 4.69) is 166 Å². The molecule has 5 N–H and O–H groups in total. The Hall–Kier alpha value is -5.92. The maximum atomic E-state index is 11.3. The van der Waals surface area contributed by atoms with Gasteiger partial charge in [0.2, 0.25) is 0 Å². The van der Waals surface area contributed by atoms with Crippen LogP contribution in [0.25, 0.3) is 31.3 Å². The predicted molar refractivity (Wildman–Crippen MR) is 233 cm³/mol. The maximum Gasteiger partial charge on any atom is 0.131 e. The highest BCUT2D eigenvalue weighted by Gasteiger charge is 2.35. The fourth-order valence-electron chi connectivity index (χ4n) is 8.59. The minimum absolute atomic E-state index is 0.107. The van der Waals surface area contributed by atoms with Crippen LogP contribution in [0.1, 0.15) is 65.6 Å². The number of thiophene rings is 1. The third kappa shape index (κ3) is 7.06. The lowest BCUT2D eigenvalue weighted by Crippen LogP contribution is -2.59. The van der Waals surface area contributed by atoms with Crippen LogP contribution in [0.5, 0.6) is 0 Å². The number of benzene rings is 5. The number of fused-ring (bicyclic) bond motifs is 3. The molecule has 2 aliphatic carbocycles. The summed E-state index contributed by atoms with van der Waals surface area (Å²) >= 11 is 1.82. The smallest absolute Gasteiger partial charge is 0.131 e. The Kier molecular flexibility index (Phi) is 9.68. The molecular weight excluding hydrogens is 719 g/mol. The molecule has 8 heteroatoms. The van der Waals surface area contributed by atoms with E-state index in [4.69, 9.17) is 4.99 Å². The van der Waals surface area contributed by atoms with Crippen LogP contribution in [0, 0.1) is 17.2 Å². The van der Waals surface area contributed by atoms with Crippen molar-refractivity contribution in [3.63, 3.8) is 0 Å². The number of nitrogens with one attached hydrogen (secondary N) is 5. The fourth-order valence-corrected chi connectivity index (χ4v) is 9.73. The molecule has 7 nitrogen and oxygen atoms in total. The van der Waals surface area contributed by atoms with Gasteiger partial charge >= 0.3 is 0 Å². The van der Waals surface area contributed by atoms with E-state index in [0.29, 0.717) is 5.56 Å². The molecule has 3 heterocycles. The molecule has 10 rings (SSSR count). The number of nitriles is 1. The number of amidine groups is 1. The molecule has 0 spiro atoms. The molecular formula is C49H43N7S. The Morgan fingerprint density at radius 1 is 0.649 bits per heavy atom. The highest BCUT2D eigenvalue weighted by atomic mass is 32.1. The topological polar surface area (TPSA) is 96.3 Å². The van der Waals surface area contributed by atoms with Gasteiger partial charge in [0.25, 0.3) is 0 Å². The van der Waals surface area contributed by atoms with Gasteiger partial charge in [0, 0.05) is 42.8 Å². The molecule has 1 aromatic heterocycles. The second kappa shape index (κ2) is 15.5. The zero-order chi connectivity index (χ0) is 38.1. The van der Waals surface area contributed by atoms with Crippen molar-refractivity contribution >= 4 is 37.3 Å². The van der Waals surface area contributed by atoms with Gasteiger partial charge in [-0.2, -0.15) is 5.26 Å². The van der Waals surface area contributed by atoms with Crippen LogP contribution >= 0.6 is 11.3 Å². The first-order chi connectivity index (χ1) is 28.2. The number of nitrogens with zero attached hydrogens (tertiary/aromatic N) is 2. The molecule has 0 bridgehead atoms. The molecule has 2 aliphatic heterocycles. The van der Waals surface area contributed by atoms with Gasteiger partial charge in [0.1, 0.15) is 12.0 Å². The van der Waals surface area contributed by atoms with Crippen molar-refractivity contribution in [3.05, 3.63) is 191 Å². The highest BCUT2D eigenvalue weighted by Crippen LogP contribution is 2.40. The molecule has 6 atom stereocenters. The van der Waals surface area contributed by atoms with E-state index in [9.17, 15) is 5.26 Å². The summed E-state index contributed by atoms with van der Waals surface area (Å²) in [7, 11) is 0. The Morgan fingerprint density at radius 2 is 1.42 bits per heavy atom. The van der Waals surface area contributed by atoms with Gasteiger partial charge in [0.15, 0.2) is 0 Å². The summed E-state index contributed by atoms with van der Waals surface area (Å²) in [6.45, 7) is 0. The van der Waals surface area contributed by atoms with Crippen LogP contribution in [-0.4, -0.2) is 18.2 Å². The monoisotopic (exact) mass is 761 g/mol. The second-order valence-electron chi connectivity index (χ2n) is 15.1. The van der Waals surface area contributed by atoms with Crippen LogP contribution in [0.4, 0.5) is 0 Å². The molecule has 0 radical (unpaired) electrons. The van der Waals surface area contributed by atoms with Gasteiger partial charge in [-0.15, -0.1) is 11.3 Å². The predicted octanol–water partition coefficient (Wildman–Crippen LogP) is 9.77. The fraction of sp³-hybridized carbons (Fsp3) is 0.184. The molecule has 1 saturated heterocycles. The van der Waals surface area contributed by atoms with Gasteiger partial charge in [-0.25, -0.2) is 4.99 Å². The van der Waals surface area contributed by atoms with Gasteiger partial charge < -0.3 is 5.32 Å². The molecule has 0 amide bonds. The van der Waals surface area contributed by atoms with Crippen LogP contribution in [-0.2, 0) is 0 Å². The van der Waals surface area contributed by atoms with Crippen molar-refractivity contribution in [2.75, 3.05) is 0 Å². The van der Waals surface area contributed by atoms with E-state index < -0.39 is 6.17 Å². The zero-order valence-corrected chi connectivity index (χ0v) is 32.2. The lowest BCUT2D eigenvalue weighted by atomic mass is 9.89. The summed E-state index contributed by atoms with van der Waals surface area (Å²) in [4.78, 5) is 5.36. The van der Waals surface area contributed by atoms with Crippen molar-refractivity contribution in [1.29, 1.82) is 5.26 Å². The minimum Gasteiger partial charge on any atom is -0.354 e. The summed E-state index contributed by atoms with van der Waals surface area (Å²) in [5.74, 6) is 1.01. The van der Waals surface area contributed by atoms with Gasteiger partial charge in [0.05, 0.1) is 36.3 Å². The van der Waals surface area contributed by atoms with Crippen molar-refractivity contribution < 1.29 is 0 Å². The molecule has 6 unspecified atom stereocenters. The van der Waals surface area contributed by atoms with E-state index in [1.807, 2.05) is 35.6 Å². The van der Waals surface area contributed by atoms with Gasteiger partial charge in [-0.05, 0) is 65.8 Å². The molecule has 1 fully saturated rings. The third-order valence-corrected chi connectivity index (χ3v) is 12.6. The molecule has 6 aromatic rings. The number of hydrogen-bond acceptors (Lipinski definition) is 8.